The van der Waals surface area contributed by atoms with Crippen LogP contribution in [0, 0.1) is 11.3 Å². The Labute approximate surface area is 88.9 Å². The fourth-order valence-electron chi connectivity index (χ4n) is 1.31. The number of benzene rings is 1. The van der Waals surface area contributed by atoms with E-state index in [1.807, 2.05) is 36.4 Å². The molecule has 1 aromatic rings. The van der Waals surface area contributed by atoms with Crippen LogP contribution in [0.5, 0.6) is 0 Å². The molecule has 1 rings (SSSR count). The van der Waals surface area contributed by atoms with Gasteiger partial charge in [-0.25, -0.2) is 0 Å². The van der Waals surface area contributed by atoms with Crippen LogP contribution in [0.2, 0.25) is 0 Å². The van der Waals surface area contributed by atoms with Crippen molar-refractivity contribution in [3.8, 4) is 6.07 Å². The number of nitriles is 1. The van der Waals surface area contributed by atoms with Crippen LogP contribution in [0.4, 0.5) is 5.69 Å². The third-order valence-corrected chi connectivity index (χ3v) is 1.96. The number of para-hydroxylation sites is 1. The summed E-state index contributed by atoms with van der Waals surface area (Å²) in [6.45, 7) is 0.662. The van der Waals surface area contributed by atoms with Gasteiger partial charge < -0.3 is 10.6 Å². The number of carbonyl (C=O) groups is 1. The minimum atomic E-state index is -0.392. The van der Waals surface area contributed by atoms with Crippen LogP contribution < -0.4 is 10.6 Å². The quantitative estimate of drug-likeness (QED) is 0.772. The number of anilines is 1. The monoisotopic (exact) mass is 203 g/mol. The van der Waals surface area contributed by atoms with E-state index >= 15 is 0 Å². The Morgan fingerprint density at radius 1 is 1.40 bits per heavy atom. The lowest BCUT2D eigenvalue weighted by Gasteiger charge is -2.21. The zero-order chi connectivity index (χ0) is 11.1. The third-order valence-electron chi connectivity index (χ3n) is 1.96. The summed E-state index contributed by atoms with van der Waals surface area (Å²) in [7, 11) is 0. The van der Waals surface area contributed by atoms with Crippen molar-refractivity contribution in [2.45, 2.75) is 6.42 Å². The van der Waals surface area contributed by atoms with Crippen molar-refractivity contribution in [2.75, 3.05) is 18.0 Å². The molecule has 0 heterocycles. The highest BCUT2D eigenvalue weighted by Gasteiger charge is 2.07. The fraction of sp³-hybridized carbons (Fsp3) is 0.273. The van der Waals surface area contributed by atoms with E-state index in [9.17, 15) is 4.79 Å². The molecule has 4 heteroatoms. The second-order valence-corrected chi connectivity index (χ2v) is 3.13. The molecule has 0 saturated carbocycles. The molecule has 0 aliphatic carbocycles. The molecule has 1 aromatic carbocycles. The zero-order valence-corrected chi connectivity index (χ0v) is 8.39. The van der Waals surface area contributed by atoms with E-state index in [0.717, 1.165) is 5.69 Å². The minimum absolute atomic E-state index is 0.145. The van der Waals surface area contributed by atoms with Gasteiger partial charge in [-0.3, -0.25) is 4.79 Å². The lowest BCUT2D eigenvalue weighted by molar-refractivity contribution is -0.116. The molecule has 0 saturated heterocycles. The van der Waals surface area contributed by atoms with E-state index in [-0.39, 0.29) is 6.54 Å². The standard InChI is InChI=1S/C11H13N3O/c12-7-4-8-14(9-11(13)15)10-5-2-1-3-6-10/h1-3,5-6H,4,8-9H2,(H2,13,15). The number of nitrogens with zero attached hydrogens (tertiary/aromatic N) is 2. The number of hydrogen-bond donors (Lipinski definition) is 1. The summed E-state index contributed by atoms with van der Waals surface area (Å²) >= 11 is 0. The largest absolute Gasteiger partial charge is 0.368 e. The lowest BCUT2D eigenvalue weighted by Crippen LogP contribution is -2.34. The first kappa shape index (κ1) is 11.1. The van der Waals surface area contributed by atoms with Crippen molar-refractivity contribution < 1.29 is 4.79 Å². The van der Waals surface area contributed by atoms with Gasteiger partial charge in [0.05, 0.1) is 19.0 Å². The first-order chi connectivity index (χ1) is 7.24. The Balaban J connectivity index is 2.72. The van der Waals surface area contributed by atoms with Gasteiger partial charge in [0.1, 0.15) is 0 Å². The molecule has 0 radical (unpaired) electrons. The molecule has 15 heavy (non-hydrogen) atoms. The van der Waals surface area contributed by atoms with Crippen molar-refractivity contribution in [2.24, 2.45) is 5.73 Å². The topological polar surface area (TPSA) is 70.1 Å². The highest BCUT2D eigenvalue weighted by molar-refractivity contribution is 5.79. The summed E-state index contributed by atoms with van der Waals surface area (Å²) < 4.78 is 0. The van der Waals surface area contributed by atoms with Crippen molar-refractivity contribution in [3.63, 3.8) is 0 Å². The van der Waals surface area contributed by atoms with Crippen LogP contribution in [-0.4, -0.2) is 19.0 Å². The molecule has 0 spiro atoms. The second-order valence-electron chi connectivity index (χ2n) is 3.13. The average molecular weight is 203 g/mol. The zero-order valence-electron chi connectivity index (χ0n) is 8.39. The molecule has 0 unspecified atom stereocenters. The fourth-order valence-corrected chi connectivity index (χ4v) is 1.31. The van der Waals surface area contributed by atoms with Gasteiger partial charge in [-0.1, -0.05) is 18.2 Å². The predicted octanol–water partition coefficient (Wildman–Crippen LogP) is 0.892. The number of amides is 1. The molecular weight excluding hydrogens is 190 g/mol. The summed E-state index contributed by atoms with van der Waals surface area (Å²) in [5, 5.41) is 8.50. The van der Waals surface area contributed by atoms with E-state index in [2.05, 4.69) is 0 Å². The van der Waals surface area contributed by atoms with Gasteiger partial charge in [0.25, 0.3) is 0 Å². The van der Waals surface area contributed by atoms with E-state index in [0.29, 0.717) is 13.0 Å². The average Bonchev–Trinajstić information content (AvgIpc) is 2.25. The summed E-state index contributed by atoms with van der Waals surface area (Å²) in [5.74, 6) is -0.392. The Morgan fingerprint density at radius 2 is 2.07 bits per heavy atom. The van der Waals surface area contributed by atoms with Crippen LogP contribution in [0.1, 0.15) is 6.42 Å². The molecule has 78 valence electrons. The maximum atomic E-state index is 10.8. The summed E-state index contributed by atoms with van der Waals surface area (Å²) in [6.07, 6.45) is 0.377. The van der Waals surface area contributed by atoms with Crippen molar-refractivity contribution >= 4 is 11.6 Å². The van der Waals surface area contributed by atoms with Crippen molar-refractivity contribution in [3.05, 3.63) is 30.3 Å². The molecule has 0 aliphatic rings. The molecule has 2 N–H and O–H groups in total. The summed E-state index contributed by atoms with van der Waals surface area (Å²) in [4.78, 5) is 12.6. The minimum Gasteiger partial charge on any atom is -0.368 e. The van der Waals surface area contributed by atoms with Crippen LogP contribution in [0.3, 0.4) is 0 Å². The third kappa shape index (κ3) is 3.69. The number of rotatable bonds is 5. The van der Waals surface area contributed by atoms with E-state index in [1.54, 1.807) is 4.90 Å². The molecule has 0 fully saturated rings. The Hall–Kier alpha value is -2.02. The van der Waals surface area contributed by atoms with Crippen LogP contribution in [0.15, 0.2) is 30.3 Å². The second kappa shape index (κ2) is 5.66. The SMILES string of the molecule is N#CCCN(CC(N)=O)c1ccccc1. The van der Waals surface area contributed by atoms with Crippen LogP contribution >= 0.6 is 0 Å². The molecule has 4 nitrogen and oxygen atoms in total. The lowest BCUT2D eigenvalue weighted by atomic mass is 10.2. The van der Waals surface area contributed by atoms with Crippen molar-refractivity contribution in [1.29, 1.82) is 5.26 Å². The van der Waals surface area contributed by atoms with Gasteiger partial charge in [-0.15, -0.1) is 0 Å². The van der Waals surface area contributed by atoms with E-state index in [1.165, 1.54) is 0 Å². The number of hydrogen-bond acceptors (Lipinski definition) is 3. The highest BCUT2D eigenvalue weighted by Crippen LogP contribution is 2.12. The smallest absolute Gasteiger partial charge is 0.236 e. The molecule has 1 amide bonds. The maximum absolute atomic E-state index is 10.8. The van der Waals surface area contributed by atoms with Gasteiger partial charge in [-0.2, -0.15) is 5.26 Å². The molecule has 0 aromatic heterocycles. The Kier molecular flexibility index (Phi) is 4.17. The van der Waals surface area contributed by atoms with Gasteiger partial charge in [0, 0.05) is 12.2 Å². The summed E-state index contributed by atoms with van der Waals surface area (Å²) in [5.41, 5.74) is 6.05. The van der Waals surface area contributed by atoms with Crippen LogP contribution in [-0.2, 0) is 4.79 Å². The Bertz CT molecular complexity index is 356. The predicted molar refractivity (Wildman–Crippen MR) is 58.1 cm³/mol. The molecule has 0 bridgehead atoms. The Morgan fingerprint density at radius 3 is 2.60 bits per heavy atom. The number of carbonyl (C=O) groups excluding carboxylic acids is 1. The van der Waals surface area contributed by atoms with Gasteiger partial charge in [-0.05, 0) is 12.1 Å². The van der Waals surface area contributed by atoms with Gasteiger partial charge in [0.2, 0.25) is 5.91 Å². The van der Waals surface area contributed by atoms with Gasteiger partial charge in [0.15, 0.2) is 0 Å². The number of nitrogens with two attached hydrogens (primary N) is 1. The molecule has 0 aliphatic heterocycles. The number of primary amides is 1. The van der Waals surface area contributed by atoms with Crippen LogP contribution in [0.25, 0.3) is 0 Å². The van der Waals surface area contributed by atoms with E-state index < -0.39 is 5.91 Å². The molecular formula is C11H13N3O. The summed E-state index contributed by atoms with van der Waals surface area (Å²) in [6, 6.07) is 11.5. The first-order valence-electron chi connectivity index (χ1n) is 4.69. The highest BCUT2D eigenvalue weighted by atomic mass is 16.1. The van der Waals surface area contributed by atoms with Crippen molar-refractivity contribution in [1.82, 2.24) is 0 Å². The molecule has 0 atom stereocenters. The van der Waals surface area contributed by atoms with Gasteiger partial charge >= 0.3 is 0 Å². The van der Waals surface area contributed by atoms with E-state index in [4.69, 9.17) is 11.0 Å². The first-order valence-corrected chi connectivity index (χ1v) is 4.69. The normalized spacial score (nSPS) is 9.27. The maximum Gasteiger partial charge on any atom is 0.236 e.